The van der Waals surface area contributed by atoms with Crippen molar-refractivity contribution in [3.8, 4) is 0 Å². The summed E-state index contributed by atoms with van der Waals surface area (Å²) in [4.78, 5) is 12.0. The Labute approximate surface area is 129 Å². The number of amides is 1. The quantitative estimate of drug-likeness (QED) is 0.796. The molecule has 1 N–H and O–H groups in total. The van der Waals surface area contributed by atoms with E-state index in [1.165, 1.54) is 13.0 Å². The van der Waals surface area contributed by atoms with E-state index < -0.39 is 0 Å². The molecule has 0 unspecified atom stereocenters. The van der Waals surface area contributed by atoms with Gasteiger partial charge >= 0.3 is 0 Å². The molecule has 0 spiro atoms. The maximum absolute atomic E-state index is 13.1. The Bertz CT molecular complexity index is 616. The van der Waals surface area contributed by atoms with Crippen molar-refractivity contribution >= 4 is 39.3 Å². The summed E-state index contributed by atoms with van der Waals surface area (Å²) in [6, 6.07) is 12.7. The van der Waals surface area contributed by atoms with E-state index >= 15 is 0 Å². The van der Waals surface area contributed by atoms with Gasteiger partial charge in [-0.15, -0.1) is 11.8 Å². The van der Waals surface area contributed by atoms with Crippen LogP contribution < -0.4 is 5.32 Å². The summed E-state index contributed by atoms with van der Waals surface area (Å²) in [5.41, 5.74) is 1.83. The molecular weight excluding hydrogens is 341 g/mol. The van der Waals surface area contributed by atoms with Crippen molar-refractivity contribution in [3.63, 3.8) is 0 Å². The van der Waals surface area contributed by atoms with Gasteiger partial charge in [0.25, 0.3) is 0 Å². The standard InChI is InChI=1S/C15H13BrFNOS/c1-10(19)18-12-3-5-13(6-4-12)20-9-11-2-7-15(17)14(16)8-11/h2-8H,9H2,1H3,(H,18,19). The highest BCUT2D eigenvalue weighted by Gasteiger charge is 2.02. The van der Waals surface area contributed by atoms with Crippen LogP contribution in [0.2, 0.25) is 0 Å². The SMILES string of the molecule is CC(=O)Nc1ccc(SCc2ccc(F)c(Br)c2)cc1. The Morgan fingerprint density at radius 1 is 1.25 bits per heavy atom. The molecule has 2 aromatic carbocycles. The summed E-state index contributed by atoms with van der Waals surface area (Å²) in [6.45, 7) is 1.48. The van der Waals surface area contributed by atoms with Gasteiger partial charge in [0.1, 0.15) is 5.82 Å². The minimum Gasteiger partial charge on any atom is -0.326 e. The molecule has 104 valence electrons. The summed E-state index contributed by atoms with van der Waals surface area (Å²) in [7, 11) is 0. The zero-order valence-electron chi connectivity index (χ0n) is 10.8. The average molecular weight is 354 g/mol. The van der Waals surface area contributed by atoms with Gasteiger partial charge in [0.05, 0.1) is 4.47 Å². The molecule has 5 heteroatoms. The van der Waals surface area contributed by atoms with Crippen molar-refractivity contribution in [1.29, 1.82) is 0 Å². The van der Waals surface area contributed by atoms with Gasteiger partial charge in [0.2, 0.25) is 5.91 Å². The van der Waals surface area contributed by atoms with Crippen LogP contribution in [0, 0.1) is 5.82 Å². The second kappa shape index (κ2) is 6.90. The van der Waals surface area contributed by atoms with E-state index in [4.69, 9.17) is 0 Å². The highest BCUT2D eigenvalue weighted by Crippen LogP contribution is 2.26. The van der Waals surface area contributed by atoms with Crippen molar-refractivity contribution < 1.29 is 9.18 Å². The molecule has 2 aromatic rings. The third-order valence-electron chi connectivity index (χ3n) is 2.56. The first-order valence-corrected chi connectivity index (χ1v) is 7.77. The maximum atomic E-state index is 13.1. The monoisotopic (exact) mass is 353 g/mol. The Balaban J connectivity index is 1.96. The summed E-state index contributed by atoms with van der Waals surface area (Å²) in [5.74, 6) is 0.429. The number of benzene rings is 2. The normalized spacial score (nSPS) is 10.3. The van der Waals surface area contributed by atoms with Gasteiger partial charge in [-0.2, -0.15) is 0 Å². The topological polar surface area (TPSA) is 29.1 Å². The average Bonchev–Trinajstić information content (AvgIpc) is 2.41. The van der Waals surface area contributed by atoms with Gasteiger partial charge in [-0.3, -0.25) is 4.79 Å². The lowest BCUT2D eigenvalue weighted by Gasteiger charge is -2.05. The first kappa shape index (κ1) is 15.1. The van der Waals surface area contributed by atoms with E-state index in [0.29, 0.717) is 4.47 Å². The molecule has 0 aliphatic rings. The summed E-state index contributed by atoms with van der Waals surface area (Å²) in [6.07, 6.45) is 0. The maximum Gasteiger partial charge on any atom is 0.221 e. The third-order valence-corrected chi connectivity index (χ3v) is 4.26. The molecule has 0 heterocycles. The molecule has 20 heavy (non-hydrogen) atoms. The molecule has 2 rings (SSSR count). The number of thioether (sulfide) groups is 1. The highest BCUT2D eigenvalue weighted by atomic mass is 79.9. The van der Waals surface area contributed by atoms with Crippen molar-refractivity contribution in [2.24, 2.45) is 0 Å². The van der Waals surface area contributed by atoms with E-state index in [1.807, 2.05) is 24.3 Å². The fourth-order valence-electron chi connectivity index (χ4n) is 1.63. The van der Waals surface area contributed by atoms with Crippen LogP contribution in [-0.4, -0.2) is 5.91 Å². The number of anilines is 1. The predicted molar refractivity (Wildman–Crippen MR) is 84.4 cm³/mol. The molecule has 0 radical (unpaired) electrons. The van der Waals surface area contributed by atoms with Gasteiger partial charge < -0.3 is 5.32 Å². The largest absolute Gasteiger partial charge is 0.326 e. The number of hydrogen-bond acceptors (Lipinski definition) is 2. The summed E-state index contributed by atoms with van der Waals surface area (Å²) < 4.78 is 13.6. The van der Waals surface area contributed by atoms with Crippen LogP contribution in [0.1, 0.15) is 12.5 Å². The number of carbonyl (C=O) groups is 1. The zero-order chi connectivity index (χ0) is 14.5. The van der Waals surface area contributed by atoms with Crippen molar-refractivity contribution in [1.82, 2.24) is 0 Å². The van der Waals surface area contributed by atoms with Crippen LogP contribution in [0.15, 0.2) is 51.8 Å². The predicted octanol–water partition coefficient (Wildman–Crippen LogP) is 4.84. The first-order chi connectivity index (χ1) is 9.54. The molecule has 0 aliphatic carbocycles. The van der Waals surface area contributed by atoms with Crippen LogP contribution in [0.5, 0.6) is 0 Å². The number of rotatable bonds is 4. The van der Waals surface area contributed by atoms with E-state index in [9.17, 15) is 9.18 Å². The fourth-order valence-corrected chi connectivity index (χ4v) is 2.90. The van der Waals surface area contributed by atoms with Gasteiger partial charge in [-0.05, 0) is 57.9 Å². The molecular formula is C15H13BrFNOS. The van der Waals surface area contributed by atoms with Crippen LogP contribution in [-0.2, 0) is 10.5 Å². The van der Waals surface area contributed by atoms with Crippen LogP contribution >= 0.6 is 27.7 Å². The third kappa shape index (κ3) is 4.35. The Kier molecular flexibility index (Phi) is 5.20. The van der Waals surface area contributed by atoms with E-state index in [0.717, 1.165) is 21.9 Å². The lowest BCUT2D eigenvalue weighted by atomic mass is 10.2. The Morgan fingerprint density at radius 2 is 1.95 bits per heavy atom. The van der Waals surface area contributed by atoms with Gasteiger partial charge in [0.15, 0.2) is 0 Å². The van der Waals surface area contributed by atoms with Crippen molar-refractivity contribution in [2.45, 2.75) is 17.6 Å². The molecule has 0 aromatic heterocycles. The van der Waals surface area contributed by atoms with E-state index in [1.54, 1.807) is 23.9 Å². The molecule has 2 nitrogen and oxygen atoms in total. The van der Waals surface area contributed by atoms with Crippen molar-refractivity contribution in [2.75, 3.05) is 5.32 Å². The van der Waals surface area contributed by atoms with Gasteiger partial charge in [-0.25, -0.2) is 4.39 Å². The van der Waals surface area contributed by atoms with Crippen LogP contribution in [0.4, 0.5) is 10.1 Å². The number of hydrogen-bond donors (Lipinski definition) is 1. The molecule has 0 aliphatic heterocycles. The first-order valence-electron chi connectivity index (χ1n) is 5.99. The lowest BCUT2D eigenvalue weighted by molar-refractivity contribution is -0.114. The smallest absolute Gasteiger partial charge is 0.221 e. The molecule has 0 bridgehead atoms. The highest BCUT2D eigenvalue weighted by molar-refractivity contribution is 9.10. The minimum atomic E-state index is -0.251. The number of halogens is 2. The summed E-state index contributed by atoms with van der Waals surface area (Å²) >= 11 is 4.84. The lowest BCUT2D eigenvalue weighted by Crippen LogP contribution is -2.05. The van der Waals surface area contributed by atoms with E-state index in [2.05, 4.69) is 21.2 Å². The molecule has 1 amide bonds. The van der Waals surface area contributed by atoms with Gasteiger partial charge in [-0.1, -0.05) is 6.07 Å². The second-order valence-electron chi connectivity index (χ2n) is 4.24. The van der Waals surface area contributed by atoms with Crippen LogP contribution in [0.25, 0.3) is 0 Å². The minimum absolute atomic E-state index is 0.0819. The van der Waals surface area contributed by atoms with Crippen LogP contribution in [0.3, 0.4) is 0 Å². The van der Waals surface area contributed by atoms with Crippen molar-refractivity contribution in [3.05, 3.63) is 58.3 Å². The summed E-state index contributed by atoms with van der Waals surface area (Å²) in [5, 5.41) is 2.72. The fraction of sp³-hybridized carbons (Fsp3) is 0.133. The molecule has 0 saturated carbocycles. The number of nitrogens with one attached hydrogen (secondary N) is 1. The molecule has 0 fully saturated rings. The van der Waals surface area contributed by atoms with E-state index in [-0.39, 0.29) is 11.7 Å². The van der Waals surface area contributed by atoms with Gasteiger partial charge in [0, 0.05) is 23.3 Å². The Morgan fingerprint density at radius 3 is 2.55 bits per heavy atom. The molecule has 0 saturated heterocycles. The molecule has 0 atom stereocenters. The number of carbonyl (C=O) groups excluding carboxylic acids is 1. The second-order valence-corrected chi connectivity index (χ2v) is 6.15. The zero-order valence-corrected chi connectivity index (χ0v) is 13.2. The Hall–Kier alpha value is -1.33.